The van der Waals surface area contributed by atoms with Crippen molar-refractivity contribution in [3.05, 3.63) is 35.0 Å². The van der Waals surface area contributed by atoms with E-state index in [1.165, 1.54) is 12.1 Å². The van der Waals surface area contributed by atoms with Crippen LogP contribution in [0.3, 0.4) is 0 Å². The lowest BCUT2D eigenvalue weighted by atomic mass is 9.87. The Morgan fingerprint density at radius 3 is 2.81 bits per heavy atom. The molecule has 0 radical (unpaired) electrons. The minimum atomic E-state index is -0.417. The van der Waals surface area contributed by atoms with E-state index in [1.807, 2.05) is 6.07 Å². The molecule has 0 saturated heterocycles. The second-order valence-corrected chi connectivity index (χ2v) is 7.01. The van der Waals surface area contributed by atoms with E-state index < -0.39 is 5.82 Å². The number of hydrogen-bond acceptors (Lipinski definition) is 6. The number of nitrogens with one attached hydrogen (secondary N) is 1. The Morgan fingerprint density at radius 2 is 2.15 bits per heavy atom. The summed E-state index contributed by atoms with van der Waals surface area (Å²) < 4.78 is 18.4. The number of ether oxygens (including phenoxy) is 1. The highest BCUT2D eigenvalue weighted by molar-refractivity contribution is 7.16. The molecule has 0 atom stereocenters. The third-order valence-corrected chi connectivity index (χ3v) is 5.23. The summed E-state index contributed by atoms with van der Waals surface area (Å²) in [5.41, 5.74) is 0.847. The average molecular weight is 373 g/mol. The highest BCUT2D eigenvalue weighted by Gasteiger charge is 2.28. The maximum absolute atomic E-state index is 13.4. The number of amides is 1. The Bertz CT molecular complexity index is 854. The van der Waals surface area contributed by atoms with E-state index in [9.17, 15) is 19.2 Å². The number of halogens is 1. The minimum absolute atomic E-state index is 0.124. The van der Waals surface area contributed by atoms with Crippen LogP contribution >= 0.6 is 11.3 Å². The van der Waals surface area contributed by atoms with E-state index in [0.717, 1.165) is 11.3 Å². The summed E-state index contributed by atoms with van der Waals surface area (Å²) in [5.74, 6) is -0.772. The van der Waals surface area contributed by atoms with Crippen LogP contribution in [0.5, 0.6) is 0 Å². The van der Waals surface area contributed by atoms with Crippen LogP contribution in [0.4, 0.5) is 9.52 Å². The van der Waals surface area contributed by atoms with Gasteiger partial charge in [-0.05, 0) is 37.8 Å². The number of nitrogens with zero attached hydrogens (tertiary/aromatic N) is 2. The van der Waals surface area contributed by atoms with Crippen LogP contribution in [0.15, 0.2) is 24.3 Å². The molecule has 1 aliphatic rings. The molecule has 2 aromatic rings. The van der Waals surface area contributed by atoms with Crippen molar-refractivity contribution in [3.63, 3.8) is 0 Å². The first-order chi connectivity index (χ1) is 12.6. The summed E-state index contributed by atoms with van der Waals surface area (Å²) in [4.78, 5) is 27.4. The second-order valence-electron chi connectivity index (χ2n) is 6.01. The summed E-state index contributed by atoms with van der Waals surface area (Å²) in [6.07, 6.45) is 2.41. The molecule has 1 aromatic carbocycles. The Morgan fingerprint density at radius 1 is 1.38 bits per heavy atom. The van der Waals surface area contributed by atoms with Gasteiger partial charge in [-0.1, -0.05) is 23.5 Å². The number of hydrogen-bond donors (Lipinski definition) is 1. The number of carbonyl (C=O) groups excluding carboxylic acids is 2. The number of carbonyl (C=O) groups is 2. The number of thiazole rings is 1. The van der Waals surface area contributed by atoms with E-state index in [1.54, 1.807) is 12.1 Å². The van der Waals surface area contributed by atoms with Gasteiger partial charge in [0.25, 0.3) is 6.47 Å². The lowest BCUT2D eigenvalue weighted by Crippen LogP contribution is -2.29. The van der Waals surface area contributed by atoms with Crippen molar-refractivity contribution in [2.45, 2.75) is 31.8 Å². The molecule has 26 heavy (non-hydrogen) atoms. The molecule has 6 nitrogen and oxygen atoms in total. The summed E-state index contributed by atoms with van der Waals surface area (Å²) >= 11 is 1.06. The Hall–Kier alpha value is -2.79. The molecule has 1 aliphatic carbocycles. The predicted octanol–water partition coefficient (Wildman–Crippen LogP) is 3.49. The van der Waals surface area contributed by atoms with Crippen molar-refractivity contribution in [3.8, 4) is 17.3 Å². The van der Waals surface area contributed by atoms with Gasteiger partial charge in [0, 0.05) is 11.5 Å². The maximum Gasteiger partial charge on any atom is 0.293 e. The number of benzene rings is 1. The van der Waals surface area contributed by atoms with Crippen LogP contribution in [0.2, 0.25) is 0 Å². The van der Waals surface area contributed by atoms with E-state index in [0.29, 0.717) is 53.4 Å². The number of aromatic nitrogens is 1. The third-order valence-electron chi connectivity index (χ3n) is 4.35. The highest BCUT2D eigenvalue weighted by Crippen LogP contribution is 2.32. The summed E-state index contributed by atoms with van der Waals surface area (Å²) in [6.45, 7) is 0.442. The van der Waals surface area contributed by atoms with E-state index in [-0.39, 0.29) is 17.9 Å². The van der Waals surface area contributed by atoms with Gasteiger partial charge >= 0.3 is 0 Å². The summed E-state index contributed by atoms with van der Waals surface area (Å²) in [6, 6.07) is 7.87. The zero-order chi connectivity index (χ0) is 18.5. The molecular weight excluding hydrogens is 357 g/mol. The molecule has 1 amide bonds. The normalized spacial score (nSPS) is 19.4. The van der Waals surface area contributed by atoms with Crippen LogP contribution in [-0.2, 0) is 14.3 Å². The van der Waals surface area contributed by atoms with Gasteiger partial charge < -0.3 is 10.1 Å². The Balaban J connectivity index is 1.70. The smallest absolute Gasteiger partial charge is 0.293 e. The van der Waals surface area contributed by atoms with E-state index in [2.05, 4.69) is 10.3 Å². The van der Waals surface area contributed by atoms with Gasteiger partial charge in [0.2, 0.25) is 5.91 Å². The molecule has 134 valence electrons. The van der Waals surface area contributed by atoms with Crippen LogP contribution < -0.4 is 5.32 Å². The molecular formula is C18H16FN3O3S. The third kappa shape index (κ3) is 4.06. The van der Waals surface area contributed by atoms with Crippen LogP contribution in [0, 0.1) is 23.1 Å². The van der Waals surface area contributed by atoms with Crippen molar-refractivity contribution in [2.24, 2.45) is 5.92 Å². The minimum Gasteiger partial charge on any atom is -0.465 e. The topological polar surface area (TPSA) is 92.1 Å². The summed E-state index contributed by atoms with van der Waals surface area (Å²) in [5, 5.41) is 12.4. The summed E-state index contributed by atoms with van der Waals surface area (Å²) in [7, 11) is 0. The average Bonchev–Trinajstić information content (AvgIpc) is 3.05. The molecule has 1 N–H and O–H groups in total. The monoisotopic (exact) mass is 373 g/mol. The quantitative estimate of drug-likeness (QED) is 0.810. The molecule has 1 saturated carbocycles. The lowest BCUT2D eigenvalue weighted by molar-refractivity contribution is -0.135. The van der Waals surface area contributed by atoms with Crippen molar-refractivity contribution >= 4 is 28.8 Å². The van der Waals surface area contributed by atoms with Crippen molar-refractivity contribution < 1.29 is 18.7 Å². The molecule has 8 heteroatoms. The van der Waals surface area contributed by atoms with Crippen molar-refractivity contribution in [1.29, 1.82) is 5.26 Å². The largest absolute Gasteiger partial charge is 0.465 e. The van der Waals surface area contributed by atoms with E-state index in [4.69, 9.17) is 4.74 Å². The van der Waals surface area contributed by atoms with Gasteiger partial charge in [0.05, 0.1) is 0 Å². The lowest BCUT2D eigenvalue weighted by Gasteiger charge is -2.26. The van der Waals surface area contributed by atoms with Gasteiger partial charge in [0.15, 0.2) is 5.13 Å². The van der Waals surface area contributed by atoms with E-state index >= 15 is 0 Å². The SMILES string of the molecule is N#Cc1sc(NC(=O)C2CCC(OC=O)CC2)nc1-c1cccc(F)c1. The maximum atomic E-state index is 13.4. The molecule has 3 rings (SSSR count). The molecule has 0 aliphatic heterocycles. The Kier molecular flexibility index (Phi) is 5.58. The molecule has 0 spiro atoms. The van der Waals surface area contributed by atoms with Crippen LogP contribution in [0.25, 0.3) is 11.3 Å². The second kappa shape index (κ2) is 8.06. The fourth-order valence-electron chi connectivity index (χ4n) is 3.03. The van der Waals surface area contributed by atoms with Gasteiger partial charge in [-0.15, -0.1) is 0 Å². The van der Waals surface area contributed by atoms with Gasteiger partial charge in [-0.25, -0.2) is 9.37 Å². The molecule has 1 aromatic heterocycles. The van der Waals surface area contributed by atoms with Gasteiger partial charge in [-0.2, -0.15) is 5.26 Å². The molecule has 1 heterocycles. The first kappa shape index (κ1) is 18.0. The predicted molar refractivity (Wildman–Crippen MR) is 93.7 cm³/mol. The van der Waals surface area contributed by atoms with Gasteiger partial charge in [-0.3, -0.25) is 9.59 Å². The van der Waals surface area contributed by atoms with Crippen molar-refractivity contribution in [1.82, 2.24) is 4.98 Å². The highest BCUT2D eigenvalue weighted by atomic mass is 32.1. The first-order valence-corrected chi connectivity index (χ1v) is 8.99. The van der Waals surface area contributed by atoms with Crippen molar-refractivity contribution in [2.75, 3.05) is 5.32 Å². The zero-order valence-corrected chi connectivity index (χ0v) is 14.6. The molecule has 1 fully saturated rings. The van der Waals surface area contributed by atoms with Gasteiger partial charge in [0.1, 0.15) is 28.6 Å². The number of nitriles is 1. The molecule has 0 unspecified atom stereocenters. The zero-order valence-electron chi connectivity index (χ0n) is 13.8. The van der Waals surface area contributed by atoms with Crippen LogP contribution in [-0.4, -0.2) is 23.5 Å². The number of rotatable bonds is 5. The van der Waals surface area contributed by atoms with Crippen LogP contribution in [0.1, 0.15) is 30.6 Å². The Labute approximate surface area is 153 Å². The number of anilines is 1. The first-order valence-electron chi connectivity index (χ1n) is 8.17. The fraction of sp³-hybridized carbons (Fsp3) is 0.333. The fourth-order valence-corrected chi connectivity index (χ4v) is 3.82. The molecule has 0 bridgehead atoms. The standard InChI is InChI=1S/C18H16FN3O3S/c19-13-3-1-2-12(8-13)16-15(9-20)26-18(21-16)22-17(24)11-4-6-14(7-5-11)25-10-23/h1-3,8,10-11,14H,4-7H2,(H,21,22,24).